The largest absolute Gasteiger partial charge is 0.456 e. The van der Waals surface area contributed by atoms with Crippen molar-refractivity contribution in [3.05, 3.63) is 158 Å². The Morgan fingerprint density at radius 2 is 1.00 bits per heavy atom. The first-order valence-electron chi connectivity index (χ1n) is 15.2. The van der Waals surface area contributed by atoms with Crippen molar-refractivity contribution in [2.45, 2.75) is 0 Å². The maximum atomic E-state index is 6.38. The van der Waals surface area contributed by atoms with Crippen LogP contribution in [-0.4, -0.2) is 9.97 Å². The van der Waals surface area contributed by atoms with Crippen LogP contribution in [0.4, 0.5) is 0 Å². The number of rotatable bonds is 4. The maximum Gasteiger partial charge on any atom is 0.160 e. The topological polar surface area (TPSA) is 35.0 Å². The van der Waals surface area contributed by atoms with Crippen molar-refractivity contribution in [3.8, 4) is 67.7 Å². The van der Waals surface area contributed by atoms with Gasteiger partial charge in [0.1, 0.15) is 11.5 Å². The minimum Gasteiger partial charge on any atom is -0.456 e. The van der Waals surface area contributed by atoms with Crippen molar-refractivity contribution in [2.24, 2.45) is 0 Å². The number of aromatic nitrogens is 2. The van der Waals surface area contributed by atoms with E-state index >= 15 is 0 Å². The molecule has 8 aromatic rings. The van der Waals surface area contributed by atoms with Crippen molar-refractivity contribution in [2.75, 3.05) is 0 Å². The summed E-state index contributed by atoms with van der Waals surface area (Å²) in [6, 6.07) is 55.0. The van der Waals surface area contributed by atoms with E-state index in [1.54, 1.807) is 0 Å². The van der Waals surface area contributed by atoms with Crippen LogP contribution in [0.3, 0.4) is 0 Å². The molecule has 0 atom stereocenters. The van der Waals surface area contributed by atoms with Gasteiger partial charge in [0.05, 0.1) is 11.4 Å². The quantitative estimate of drug-likeness (QED) is 0.210. The summed E-state index contributed by atoms with van der Waals surface area (Å²) >= 11 is 0. The normalized spacial score (nSPS) is 11.7. The van der Waals surface area contributed by atoms with Crippen molar-refractivity contribution in [3.63, 3.8) is 0 Å². The van der Waals surface area contributed by atoms with Crippen molar-refractivity contribution in [1.82, 2.24) is 9.97 Å². The molecule has 1 aliphatic rings. The third-order valence-electron chi connectivity index (χ3n) is 8.65. The Bertz CT molecular complexity index is 2410. The molecule has 0 aliphatic carbocycles. The predicted molar refractivity (Wildman–Crippen MR) is 184 cm³/mol. The fourth-order valence-electron chi connectivity index (χ4n) is 6.41. The van der Waals surface area contributed by atoms with Crippen LogP contribution in [0.15, 0.2) is 158 Å². The number of fused-ring (bicyclic) bond motifs is 3. The Kier molecular flexibility index (Phi) is 5.82. The van der Waals surface area contributed by atoms with Gasteiger partial charge in [0.15, 0.2) is 5.82 Å². The van der Waals surface area contributed by atoms with Gasteiger partial charge in [0, 0.05) is 27.6 Å². The highest BCUT2D eigenvalue weighted by Gasteiger charge is 2.21. The van der Waals surface area contributed by atoms with Gasteiger partial charge in [-0.25, -0.2) is 9.97 Å². The maximum absolute atomic E-state index is 6.38. The van der Waals surface area contributed by atoms with Crippen LogP contribution in [0.25, 0.3) is 77.7 Å². The zero-order valence-corrected chi connectivity index (χ0v) is 24.3. The molecule has 0 unspecified atom stereocenters. The first kappa shape index (κ1) is 25.4. The molecule has 0 bridgehead atoms. The molecule has 0 saturated heterocycles. The first-order valence-corrected chi connectivity index (χ1v) is 15.2. The zero-order chi connectivity index (χ0) is 29.7. The molecule has 1 aromatic heterocycles. The summed E-state index contributed by atoms with van der Waals surface area (Å²) in [7, 11) is 0. The number of hydrogen-bond donors (Lipinski definition) is 0. The van der Waals surface area contributed by atoms with E-state index in [4.69, 9.17) is 14.7 Å². The summed E-state index contributed by atoms with van der Waals surface area (Å²) in [6.07, 6.45) is 0. The zero-order valence-electron chi connectivity index (χ0n) is 24.3. The van der Waals surface area contributed by atoms with Crippen molar-refractivity contribution >= 4 is 21.5 Å². The summed E-state index contributed by atoms with van der Waals surface area (Å²) in [4.78, 5) is 10.2. The van der Waals surface area contributed by atoms with E-state index in [9.17, 15) is 0 Å². The average molecular weight is 575 g/mol. The molecule has 0 saturated carbocycles. The van der Waals surface area contributed by atoms with E-state index < -0.39 is 0 Å². The Morgan fingerprint density at radius 1 is 0.356 bits per heavy atom. The molecule has 1 aliphatic heterocycles. The highest BCUT2D eigenvalue weighted by Crippen LogP contribution is 2.47. The number of ether oxygens (including phenoxy) is 1. The second-order valence-corrected chi connectivity index (χ2v) is 11.4. The molecule has 3 heteroatoms. The lowest BCUT2D eigenvalue weighted by Gasteiger charge is -2.22. The highest BCUT2D eigenvalue weighted by molar-refractivity contribution is 6.04. The van der Waals surface area contributed by atoms with Crippen LogP contribution >= 0.6 is 0 Å². The molecule has 45 heavy (non-hydrogen) atoms. The molecule has 7 aromatic carbocycles. The van der Waals surface area contributed by atoms with E-state index in [2.05, 4.69) is 127 Å². The molecule has 210 valence electrons. The lowest BCUT2D eigenvalue weighted by Crippen LogP contribution is -1.99. The second-order valence-electron chi connectivity index (χ2n) is 11.4. The van der Waals surface area contributed by atoms with E-state index in [1.165, 1.54) is 27.3 Å². The average Bonchev–Trinajstić information content (AvgIpc) is 3.12. The van der Waals surface area contributed by atoms with Crippen LogP contribution < -0.4 is 4.74 Å². The van der Waals surface area contributed by atoms with Crippen LogP contribution in [0.5, 0.6) is 11.5 Å². The molecule has 0 spiro atoms. The van der Waals surface area contributed by atoms with Crippen molar-refractivity contribution in [1.29, 1.82) is 0 Å². The number of benzene rings is 7. The van der Waals surface area contributed by atoms with Gasteiger partial charge in [-0.2, -0.15) is 0 Å². The van der Waals surface area contributed by atoms with E-state index in [0.717, 1.165) is 56.1 Å². The Morgan fingerprint density at radius 3 is 1.87 bits per heavy atom. The van der Waals surface area contributed by atoms with E-state index in [1.807, 2.05) is 30.3 Å². The lowest BCUT2D eigenvalue weighted by atomic mass is 9.93. The van der Waals surface area contributed by atoms with Gasteiger partial charge in [-0.1, -0.05) is 115 Å². The molecule has 9 rings (SSSR count). The highest BCUT2D eigenvalue weighted by atomic mass is 16.5. The molecule has 0 fully saturated rings. The van der Waals surface area contributed by atoms with Gasteiger partial charge >= 0.3 is 0 Å². The Labute approximate surface area is 261 Å². The molecular formula is C42H26N2O. The first-order chi connectivity index (χ1) is 22.3. The van der Waals surface area contributed by atoms with Gasteiger partial charge in [-0.15, -0.1) is 0 Å². The summed E-state index contributed by atoms with van der Waals surface area (Å²) in [5, 5.41) is 4.78. The molecule has 0 N–H and O–H groups in total. The third-order valence-corrected chi connectivity index (χ3v) is 8.65. The molecule has 0 amide bonds. The van der Waals surface area contributed by atoms with Gasteiger partial charge in [-0.05, 0) is 75.3 Å². The summed E-state index contributed by atoms with van der Waals surface area (Å²) in [5.74, 6) is 2.44. The minimum absolute atomic E-state index is 0.695. The van der Waals surface area contributed by atoms with E-state index in [0.29, 0.717) is 5.82 Å². The summed E-state index contributed by atoms with van der Waals surface area (Å²) < 4.78 is 6.38. The molecule has 3 nitrogen and oxygen atoms in total. The number of hydrogen-bond acceptors (Lipinski definition) is 3. The van der Waals surface area contributed by atoms with Crippen LogP contribution in [-0.2, 0) is 0 Å². The predicted octanol–water partition coefficient (Wildman–Crippen LogP) is 11.2. The van der Waals surface area contributed by atoms with E-state index in [-0.39, 0.29) is 0 Å². The smallest absolute Gasteiger partial charge is 0.160 e. The monoisotopic (exact) mass is 574 g/mol. The standard InChI is InChI=1S/C42H26N2O/c1-2-10-29(11-3-1)42-43-37(33-16-6-15-31(24-33)32-20-19-27-9-4-5-12-30(27)23-32)26-38(44-42)34-21-22-39-36(25-34)35-17-7-13-28-14-8-18-40(45-39)41(28)35/h1-26H. The Hall–Kier alpha value is -6.06. The third kappa shape index (κ3) is 4.45. The molecule has 2 heterocycles. The minimum atomic E-state index is 0.695. The SMILES string of the molecule is c1ccc(-c2nc(-c3cccc(-c4ccc5ccccc5c4)c3)cc(-c3ccc4c(c3)-c3cccc5cccc(c35)O4)n2)cc1. The van der Waals surface area contributed by atoms with Crippen LogP contribution in [0.2, 0.25) is 0 Å². The van der Waals surface area contributed by atoms with Gasteiger partial charge in [-0.3, -0.25) is 0 Å². The van der Waals surface area contributed by atoms with Gasteiger partial charge < -0.3 is 4.74 Å². The number of nitrogens with zero attached hydrogens (tertiary/aromatic N) is 2. The van der Waals surface area contributed by atoms with Crippen LogP contribution in [0, 0.1) is 0 Å². The second kappa shape index (κ2) is 10.3. The lowest BCUT2D eigenvalue weighted by molar-refractivity contribution is 0.487. The van der Waals surface area contributed by atoms with Crippen LogP contribution in [0.1, 0.15) is 0 Å². The fraction of sp³-hybridized carbons (Fsp3) is 0. The fourth-order valence-corrected chi connectivity index (χ4v) is 6.41. The van der Waals surface area contributed by atoms with Gasteiger partial charge in [0.25, 0.3) is 0 Å². The molecular weight excluding hydrogens is 548 g/mol. The van der Waals surface area contributed by atoms with Gasteiger partial charge in [0.2, 0.25) is 0 Å². The Balaban J connectivity index is 1.19. The summed E-state index contributed by atoms with van der Waals surface area (Å²) in [5.41, 5.74) is 9.35. The summed E-state index contributed by atoms with van der Waals surface area (Å²) in [6.45, 7) is 0. The molecule has 0 radical (unpaired) electrons. The van der Waals surface area contributed by atoms with Crippen molar-refractivity contribution < 1.29 is 4.74 Å².